The van der Waals surface area contributed by atoms with Crippen LogP contribution in [0.5, 0.6) is 5.75 Å². The summed E-state index contributed by atoms with van der Waals surface area (Å²) in [5, 5.41) is 9.96. The predicted molar refractivity (Wildman–Crippen MR) is 85.7 cm³/mol. The number of aliphatic hydroxyl groups excluding tert-OH is 1. The molecule has 2 heterocycles. The highest BCUT2D eigenvalue weighted by molar-refractivity contribution is 5.80. The van der Waals surface area contributed by atoms with Crippen LogP contribution in [0.2, 0.25) is 0 Å². The van der Waals surface area contributed by atoms with Crippen molar-refractivity contribution in [3.05, 3.63) is 34.4 Å². The normalized spacial score (nSPS) is 15.9. The Bertz CT molecular complexity index is 710. The molecule has 0 atom stereocenters. The Balaban J connectivity index is 1.64. The van der Waals surface area contributed by atoms with E-state index in [1.54, 1.807) is 12.1 Å². The number of aromatic amines is 1. The van der Waals surface area contributed by atoms with Gasteiger partial charge in [-0.05, 0) is 18.6 Å². The quantitative estimate of drug-likeness (QED) is 0.755. The van der Waals surface area contributed by atoms with E-state index in [1.807, 2.05) is 0 Å². The van der Waals surface area contributed by atoms with Crippen molar-refractivity contribution < 1.29 is 14.6 Å². The molecule has 3 rings (SSSR count). The lowest BCUT2D eigenvalue weighted by Crippen LogP contribution is -2.37. The van der Waals surface area contributed by atoms with Crippen LogP contribution in [0.3, 0.4) is 0 Å². The minimum atomic E-state index is -0.211. The standard InChI is InChI=1S/C16H21N3O4/c20-10-12-8-14-13(16(21)18-11-17-14)9-15(12)23-5-1-2-19-3-6-22-7-4-19/h8-9,11,20H,1-7,10H2,(H,17,18,21). The van der Waals surface area contributed by atoms with Gasteiger partial charge in [-0.25, -0.2) is 4.98 Å². The third-order valence-electron chi connectivity index (χ3n) is 3.97. The van der Waals surface area contributed by atoms with E-state index >= 15 is 0 Å². The topological polar surface area (TPSA) is 87.7 Å². The van der Waals surface area contributed by atoms with Gasteiger partial charge < -0.3 is 19.6 Å². The van der Waals surface area contributed by atoms with Crippen molar-refractivity contribution in [1.29, 1.82) is 0 Å². The number of H-pyrrole nitrogens is 1. The first-order chi connectivity index (χ1) is 11.3. The maximum absolute atomic E-state index is 11.8. The molecule has 2 aromatic rings. The molecule has 1 aliphatic rings. The van der Waals surface area contributed by atoms with Crippen LogP contribution in [0, 0.1) is 0 Å². The molecular weight excluding hydrogens is 298 g/mol. The van der Waals surface area contributed by atoms with Crippen LogP contribution in [-0.2, 0) is 11.3 Å². The lowest BCUT2D eigenvalue weighted by Gasteiger charge is -2.26. The third-order valence-corrected chi connectivity index (χ3v) is 3.97. The Labute approximate surface area is 133 Å². The van der Waals surface area contributed by atoms with Crippen LogP contribution < -0.4 is 10.3 Å². The average Bonchev–Trinajstić information content (AvgIpc) is 2.59. The van der Waals surface area contributed by atoms with Crippen molar-refractivity contribution in [2.45, 2.75) is 13.0 Å². The van der Waals surface area contributed by atoms with E-state index in [1.165, 1.54) is 6.33 Å². The monoisotopic (exact) mass is 319 g/mol. The highest BCUT2D eigenvalue weighted by atomic mass is 16.5. The van der Waals surface area contributed by atoms with Crippen LogP contribution in [0.1, 0.15) is 12.0 Å². The molecule has 0 spiro atoms. The number of aliphatic hydroxyl groups is 1. The Kier molecular flexibility index (Phi) is 5.22. The van der Waals surface area contributed by atoms with Crippen LogP contribution >= 0.6 is 0 Å². The van der Waals surface area contributed by atoms with E-state index in [0.717, 1.165) is 39.3 Å². The summed E-state index contributed by atoms with van der Waals surface area (Å²) in [6.07, 6.45) is 2.24. The molecule has 7 heteroatoms. The number of hydrogen-bond donors (Lipinski definition) is 2. The van der Waals surface area contributed by atoms with Gasteiger partial charge in [0.2, 0.25) is 0 Å². The van der Waals surface area contributed by atoms with Crippen molar-refractivity contribution in [2.24, 2.45) is 0 Å². The number of ether oxygens (including phenoxy) is 2. The molecule has 1 aromatic carbocycles. The zero-order chi connectivity index (χ0) is 16.1. The van der Waals surface area contributed by atoms with E-state index in [-0.39, 0.29) is 12.2 Å². The van der Waals surface area contributed by atoms with Gasteiger partial charge in [-0.15, -0.1) is 0 Å². The molecule has 1 fully saturated rings. The highest BCUT2D eigenvalue weighted by Gasteiger charge is 2.11. The smallest absolute Gasteiger partial charge is 0.258 e. The van der Waals surface area contributed by atoms with Gasteiger partial charge in [0.1, 0.15) is 5.75 Å². The van der Waals surface area contributed by atoms with Crippen molar-refractivity contribution in [3.8, 4) is 5.75 Å². The zero-order valence-electron chi connectivity index (χ0n) is 13.0. The highest BCUT2D eigenvalue weighted by Crippen LogP contribution is 2.23. The summed E-state index contributed by atoms with van der Waals surface area (Å²) in [6.45, 7) is 4.83. The molecule has 2 N–H and O–H groups in total. The molecule has 124 valence electrons. The van der Waals surface area contributed by atoms with E-state index < -0.39 is 0 Å². The van der Waals surface area contributed by atoms with Crippen LogP contribution in [0.15, 0.2) is 23.3 Å². The summed E-state index contributed by atoms with van der Waals surface area (Å²) < 4.78 is 11.1. The lowest BCUT2D eigenvalue weighted by molar-refractivity contribution is 0.0357. The van der Waals surface area contributed by atoms with Crippen molar-refractivity contribution in [3.63, 3.8) is 0 Å². The molecule has 1 aromatic heterocycles. The molecule has 0 unspecified atom stereocenters. The summed E-state index contributed by atoms with van der Waals surface area (Å²) in [5.74, 6) is 0.542. The second-order valence-electron chi connectivity index (χ2n) is 5.52. The number of benzene rings is 1. The van der Waals surface area contributed by atoms with E-state index in [2.05, 4.69) is 14.9 Å². The van der Waals surface area contributed by atoms with Gasteiger partial charge in [0.15, 0.2) is 0 Å². The van der Waals surface area contributed by atoms with Crippen molar-refractivity contribution >= 4 is 10.9 Å². The first-order valence-electron chi connectivity index (χ1n) is 7.82. The number of rotatable bonds is 6. The summed E-state index contributed by atoms with van der Waals surface area (Å²) in [6, 6.07) is 3.35. The number of fused-ring (bicyclic) bond motifs is 1. The zero-order valence-corrected chi connectivity index (χ0v) is 13.0. The summed E-state index contributed by atoms with van der Waals surface area (Å²) in [4.78, 5) is 20.8. The fourth-order valence-electron chi connectivity index (χ4n) is 2.69. The van der Waals surface area contributed by atoms with Crippen LogP contribution in [-0.4, -0.2) is 59.4 Å². The number of aromatic nitrogens is 2. The van der Waals surface area contributed by atoms with Crippen LogP contribution in [0.4, 0.5) is 0 Å². The van der Waals surface area contributed by atoms with Gasteiger partial charge in [-0.3, -0.25) is 9.69 Å². The molecule has 0 radical (unpaired) electrons. The first kappa shape index (κ1) is 15.9. The number of nitrogens with zero attached hydrogens (tertiary/aromatic N) is 2. The van der Waals surface area contributed by atoms with E-state index in [9.17, 15) is 9.90 Å². The van der Waals surface area contributed by atoms with Gasteiger partial charge in [0.05, 0.1) is 43.7 Å². The molecule has 7 nitrogen and oxygen atoms in total. The third kappa shape index (κ3) is 3.87. The number of nitrogens with one attached hydrogen (secondary N) is 1. The van der Waals surface area contributed by atoms with Gasteiger partial charge in [0.25, 0.3) is 5.56 Å². The molecular formula is C16H21N3O4. The predicted octanol–water partition coefficient (Wildman–Crippen LogP) is 0.517. The maximum Gasteiger partial charge on any atom is 0.258 e. The minimum absolute atomic E-state index is 0.150. The Morgan fingerprint density at radius 1 is 1.35 bits per heavy atom. The molecule has 0 saturated carbocycles. The molecule has 0 amide bonds. The van der Waals surface area contributed by atoms with Gasteiger partial charge >= 0.3 is 0 Å². The summed E-state index contributed by atoms with van der Waals surface area (Å²) in [7, 11) is 0. The molecule has 23 heavy (non-hydrogen) atoms. The first-order valence-corrected chi connectivity index (χ1v) is 7.82. The van der Waals surface area contributed by atoms with Gasteiger partial charge in [0, 0.05) is 25.2 Å². The molecule has 0 bridgehead atoms. The fourth-order valence-corrected chi connectivity index (χ4v) is 2.69. The second-order valence-corrected chi connectivity index (χ2v) is 5.52. The van der Waals surface area contributed by atoms with Gasteiger partial charge in [-0.2, -0.15) is 0 Å². The van der Waals surface area contributed by atoms with Crippen molar-refractivity contribution in [1.82, 2.24) is 14.9 Å². The largest absolute Gasteiger partial charge is 0.493 e. The number of morpholine rings is 1. The lowest BCUT2D eigenvalue weighted by atomic mass is 10.1. The van der Waals surface area contributed by atoms with Crippen LogP contribution in [0.25, 0.3) is 10.9 Å². The Hall–Kier alpha value is -1.96. The summed E-state index contributed by atoms with van der Waals surface area (Å²) >= 11 is 0. The van der Waals surface area contributed by atoms with E-state index in [4.69, 9.17) is 9.47 Å². The molecule has 1 saturated heterocycles. The maximum atomic E-state index is 11.8. The Morgan fingerprint density at radius 2 is 2.17 bits per heavy atom. The fraction of sp³-hybridized carbons (Fsp3) is 0.500. The Morgan fingerprint density at radius 3 is 2.96 bits per heavy atom. The SMILES string of the molecule is O=c1[nH]cnc2cc(CO)c(OCCCN3CCOCC3)cc12. The minimum Gasteiger partial charge on any atom is -0.493 e. The molecule has 0 aliphatic carbocycles. The second kappa shape index (κ2) is 7.54. The van der Waals surface area contributed by atoms with Crippen molar-refractivity contribution in [2.75, 3.05) is 39.5 Å². The molecule has 1 aliphatic heterocycles. The number of hydrogen-bond acceptors (Lipinski definition) is 6. The van der Waals surface area contributed by atoms with E-state index in [0.29, 0.717) is 28.8 Å². The average molecular weight is 319 g/mol. The summed E-state index contributed by atoms with van der Waals surface area (Å²) in [5.41, 5.74) is 0.984. The van der Waals surface area contributed by atoms with Gasteiger partial charge in [-0.1, -0.05) is 0 Å².